The van der Waals surface area contributed by atoms with Crippen LogP contribution in [0.4, 0.5) is 0 Å². The van der Waals surface area contributed by atoms with E-state index in [9.17, 15) is 4.79 Å². The standard InChI is InChI=1S/C16H23N3O2/c20-16(21)7-6-14-10-15-12-18(8-9-19(15)17-14)11-13-4-2-1-3-5-13/h1-2,10,13H,3-9,11-12H2,(H,20,21)/t13-/m1/s1. The van der Waals surface area contributed by atoms with Gasteiger partial charge in [0.15, 0.2) is 0 Å². The summed E-state index contributed by atoms with van der Waals surface area (Å²) in [6, 6.07) is 2.08. The second-order valence-corrected chi connectivity index (χ2v) is 6.13. The van der Waals surface area contributed by atoms with Gasteiger partial charge in [0.25, 0.3) is 0 Å². The number of aryl methyl sites for hydroxylation is 1. The van der Waals surface area contributed by atoms with Gasteiger partial charge in [-0.2, -0.15) is 5.10 Å². The number of allylic oxidation sites excluding steroid dienone is 2. The number of carboxylic acids is 1. The summed E-state index contributed by atoms with van der Waals surface area (Å²) < 4.78 is 2.05. The molecule has 2 heterocycles. The summed E-state index contributed by atoms with van der Waals surface area (Å²) in [5.41, 5.74) is 2.14. The normalized spacial score (nSPS) is 22.2. The van der Waals surface area contributed by atoms with Crippen LogP contribution in [-0.4, -0.2) is 38.8 Å². The lowest BCUT2D eigenvalue weighted by Gasteiger charge is -2.31. The van der Waals surface area contributed by atoms with Crippen molar-refractivity contribution in [3.05, 3.63) is 29.6 Å². The van der Waals surface area contributed by atoms with Gasteiger partial charge in [-0.25, -0.2) is 0 Å². The van der Waals surface area contributed by atoms with Crippen molar-refractivity contribution in [2.24, 2.45) is 5.92 Å². The molecule has 1 aromatic rings. The smallest absolute Gasteiger partial charge is 0.303 e. The highest BCUT2D eigenvalue weighted by molar-refractivity contribution is 5.66. The van der Waals surface area contributed by atoms with Crippen LogP contribution in [0.25, 0.3) is 0 Å². The fraction of sp³-hybridized carbons (Fsp3) is 0.625. The Morgan fingerprint density at radius 3 is 3.05 bits per heavy atom. The number of hydrogen-bond donors (Lipinski definition) is 1. The molecule has 1 aliphatic carbocycles. The van der Waals surface area contributed by atoms with Gasteiger partial charge in [-0.15, -0.1) is 0 Å². The molecule has 0 radical (unpaired) electrons. The van der Waals surface area contributed by atoms with Gasteiger partial charge in [-0.1, -0.05) is 12.2 Å². The molecule has 0 spiro atoms. The highest BCUT2D eigenvalue weighted by Gasteiger charge is 2.21. The van der Waals surface area contributed by atoms with E-state index in [1.165, 1.54) is 31.5 Å². The molecule has 0 bridgehead atoms. The van der Waals surface area contributed by atoms with E-state index >= 15 is 0 Å². The largest absolute Gasteiger partial charge is 0.481 e. The summed E-state index contributed by atoms with van der Waals surface area (Å²) in [4.78, 5) is 13.2. The molecule has 2 aliphatic rings. The van der Waals surface area contributed by atoms with Crippen molar-refractivity contribution in [2.45, 2.75) is 45.2 Å². The van der Waals surface area contributed by atoms with Crippen LogP contribution in [0.2, 0.25) is 0 Å². The number of carboxylic acid groups (broad SMARTS) is 1. The zero-order valence-electron chi connectivity index (χ0n) is 12.4. The molecular formula is C16H23N3O2. The minimum Gasteiger partial charge on any atom is -0.481 e. The first-order valence-electron chi connectivity index (χ1n) is 7.85. The molecule has 0 aromatic carbocycles. The molecule has 5 heteroatoms. The quantitative estimate of drug-likeness (QED) is 0.843. The highest BCUT2D eigenvalue weighted by Crippen LogP contribution is 2.22. The van der Waals surface area contributed by atoms with Gasteiger partial charge in [-0.3, -0.25) is 14.4 Å². The Hall–Kier alpha value is -1.62. The van der Waals surface area contributed by atoms with Crippen LogP contribution in [-0.2, 0) is 24.3 Å². The number of rotatable bonds is 5. The molecule has 0 fully saturated rings. The van der Waals surface area contributed by atoms with Crippen LogP contribution in [0.1, 0.15) is 37.1 Å². The van der Waals surface area contributed by atoms with Crippen LogP contribution in [0.5, 0.6) is 0 Å². The summed E-state index contributed by atoms with van der Waals surface area (Å²) in [5, 5.41) is 13.3. The molecule has 1 N–H and O–H groups in total. The number of carbonyl (C=O) groups is 1. The Balaban J connectivity index is 1.57. The van der Waals surface area contributed by atoms with Crippen LogP contribution in [0, 0.1) is 5.92 Å². The number of hydrogen-bond acceptors (Lipinski definition) is 3. The monoisotopic (exact) mass is 289 g/mol. The molecule has 0 amide bonds. The first kappa shape index (κ1) is 14.3. The minimum atomic E-state index is -0.757. The summed E-state index contributed by atoms with van der Waals surface area (Å²) in [6.45, 7) is 4.08. The van der Waals surface area contributed by atoms with Gasteiger partial charge in [-0.05, 0) is 31.2 Å². The molecule has 3 rings (SSSR count). The van der Waals surface area contributed by atoms with E-state index in [2.05, 4.69) is 32.9 Å². The number of aromatic nitrogens is 2. The molecule has 0 saturated heterocycles. The highest BCUT2D eigenvalue weighted by atomic mass is 16.4. The zero-order valence-corrected chi connectivity index (χ0v) is 12.4. The molecule has 21 heavy (non-hydrogen) atoms. The number of aliphatic carboxylic acids is 1. The SMILES string of the molecule is O=C(O)CCc1cc2n(n1)CCN(C[C@@H]1CC=CCC1)C2. The van der Waals surface area contributed by atoms with Gasteiger partial charge in [0.2, 0.25) is 0 Å². The summed E-state index contributed by atoms with van der Waals surface area (Å²) in [7, 11) is 0. The molecule has 1 aliphatic heterocycles. The predicted molar refractivity (Wildman–Crippen MR) is 79.9 cm³/mol. The van der Waals surface area contributed by atoms with Crippen molar-refractivity contribution < 1.29 is 9.90 Å². The maximum atomic E-state index is 10.6. The fourth-order valence-corrected chi connectivity index (χ4v) is 3.28. The first-order valence-corrected chi connectivity index (χ1v) is 7.85. The lowest BCUT2D eigenvalue weighted by molar-refractivity contribution is -0.136. The van der Waals surface area contributed by atoms with Crippen molar-refractivity contribution >= 4 is 5.97 Å². The molecule has 1 atom stereocenters. The van der Waals surface area contributed by atoms with E-state index < -0.39 is 5.97 Å². The van der Waals surface area contributed by atoms with E-state index in [-0.39, 0.29) is 6.42 Å². The van der Waals surface area contributed by atoms with Crippen LogP contribution < -0.4 is 0 Å². The molecular weight excluding hydrogens is 266 g/mol. The number of nitrogens with zero attached hydrogens (tertiary/aromatic N) is 3. The van der Waals surface area contributed by atoms with Gasteiger partial charge in [0.05, 0.1) is 24.4 Å². The first-order chi connectivity index (χ1) is 10.2. The average molecular weight is 289 g/mol. The van der Waals surface area contributed by atoms with Gasteiger partial charge < -0.3 is 5.11 Å². The van der Waals surface area contributed by atoms with Gasteiger partial charge in [0, 0.05) is 26.1 Å². The topological polar surface area (TPSA) is 58.4 Å². The molecule has 5 nitrogen and oxygen atoms in total. The summed E-state index contributed by atoms with van der Waals surface area (Å²) in [5.74, 6) is 0.0314. The molecule has 1 aromatic heterocycles. The third-order valence-corrected chi connectivity index (χ3v) is 4.42. The van der Waals surface area contributed by atoms with Crippen molar-refractivity contribution in [1.82, 2.24) is 14.7 Å². The maximum Gasteiger partial charge on any atom is 0.303 e. The van der Waals surface area contributed by atoms with Crippen molar-refractivity contribution in [3.8, 4) is 0 Å². The van der Waals surface area contributed by atoms with E-state index in [1.807, 2.05) is 0 Å². The van der Waals surface area contributed by atoms with Gasteiger partial charge in [0.1, 0.15) is 0 Å². The number of fused-ring (bicyclic) bond motifs is 1. The van der Waals surface area contributed by atoms with Crippen LogP contribution in [0.15, 0.2) is 18.2 Å². The van der Waals surface area contributed by atoms with E-state index in [4.69, 9.17) is 5.11 Å². The Morgan fingerprint density at radius 1 is 1.38 bits per heavy atom. The lowest BCUT2D eigenvalue weighted by atomic mass is 9.94. The Labute approximate surface area is 125 Å². The average Bonchev–Trinajstić information content (AvgIpc) is 2.88. The fourth-order valence-electron chi connectivity index (χ4n) is 3.28. The Bertz CT molecular complexity index is 536. The van der Waals surface area contributed by atoms with Crippen LogP contribution >= 0.6 is 0 Å². The molecule has 0 saturated carbocycles. The minimum absolute atomic E-state index is 0.161. The molecule has 114 valence electrons. The summed E-state index contributed by atoms with van der Waals surface area (Å²) in [6.07, 6.45) is 9.02. The van der Waals surface area contributed by atoms with Crippen molar-refractivity contribution in [1.29, 1.82) is 0 Å². The maximum absolute atomic E-state index is 10.6. The Morgan fingerprint density at radius 2 is 2.29 bits per heavy atom. The van der Waals surface area contributed by atoms with Gasteiger partial charge >= 0.3 is 5.97 Å². The van der Waals surface area contributed by atoms with E-state index in [0.29, 0.717) is 6.42 Å². The van der Waals surface area contributed by atoms with Crippen molar-refractivity contribution in [3.63, 3.8) is 0 Å². The zero-order chi connectivity index (χ0) is 14.7. The predicted octanol–water partition coefficient (Wildman–Crippen LogP) is 2.07. The van der Waals surface area contributed by atoms with Crippen LogP contribution in [0.3, 0.4) is 0 Å². The lowest BCUT2D eigenvalue weighted by Crippen LogP contribution is -2.37. The third-order valence-electron chi connectivity index (χ3n) is 4.42. The van der Waals surface area contributed by atoms with E-state index in [1.54, 1.807) is 0 Å². The van der Waals surface area contributed by atoms with E-state index in [0.717, 1.165) is 31.2 Å². The second kappa shape index (κ2) is 6.43. The van der Waals surface area contributed by atoms with Crippen molar-refractivity contribution in [2.75, 3.05) is 13.1 Å². The summed E-state index contributed by atoms with van der Waals surface area (Å²) >= 11 is 0. The molecule has 0 unspecified atom stereocenters. The Kier molecular flexibility index (Phi) is 4.39. The third kappa shape index (κ3) is 3.73. The second-order valence-electron chi connectivity index (χ2n) is 6.13.